The first-order chi connectivity index (χ1) is 14.1. The summed E-state index contributed by atoms with van der Waals surface area (Å²) in [6.45, 7) is 0.836. The lowest BCUT2D eigenvalue weighted by molar-refractivity contribution is 0.352. The van der Waals surface area contributed by atoms with Crippen LogP contribution in [0.15, 0.2) is 48.5 Å². The van der Waals surface area contributed by atoms with E-state index in [1.807, 2.05) is 49.3 Å². The van der Waals surface area contributed by atoms with Crippen molar-refractivity contribution in [2.45, 2.75) is 44.3 Å². The molecule has 3 N–H and O–H groups in total. The van der Waals surface area contributed by atoms with Gasteiger partial charge in [-0.25, -0.2) is 4.98 Å². The number of nitrogens with one attached hydrogen (secondary N) is 2. The summed E-state index contributed by atoms with van der Waals surface area (Å²) in [4.78, 5) is 11.5. The van der Waals surface area contributed by atoms with Crippen LogP contribution in [0.25, 0.3) is 10.9 Å². The van der Waals surface area contributed by atoms with E-state index in [4.69, 9.17) is 9.97 Å². The van der Waals surface area contributed by atoms with Gasteiger partial charge in [-0.15, -0.1) is 0 Å². The highest BCUT2D eigenvalue weighted by molar-refractivity contribution is 5.90. The van der Waals surface area contributed by atoms with Crippen LogP contribution >= 0.6 is 0 Å². The van der Waals surface area contributed by atoms with Gasteiger partial charge in [-0.05, 0) is 55.5 Å². The van der Waals surface area contributed by atoms with Crippen molar-refractivity contribution < 1.29 is 5.11 Å². The van der Waals surface area contributed by atoms with Crippen molar-refractivity contribution in [3.8, 4) is 5.75 Å². The van der Waals surface area contributed by atoms with Gasteiger partial charge in [0.15, 0.2) is 0 Å². The summed E-state index contributed by atoms with van der Waals surface area (Å²) in [7, 11) is 4.03. The van der Waals surface area contributed by atoms with Crippen LogP contribution in [0.3, 0.4) is 0 Å². The molecular weight excluding hydrogens is 362 g/mol. The molecule has 6 nitrogen and oxygen atoms in total. The van der Waals surface area contributed by atoms with Gasteiger partial charge < -0.3 is 20.6 Å². The highest BCUT2D eigenvalue weighted by Crippen LogP contribution is 2.26. The molecule has 3 aromatic rings. The van der Waals surface area contributed by atoms with Crippen LogP contribution < -0.4 is 15.5 Å². The fraction of sp³-hybridized carbons (Fsp3) is 0.391. The molecule has 0 aliphatic heterocycles. The smallest absolute Gasteiger partial charge is 0.225 e. The predicted molar refractivity (Wildman–Crippen MR) is 118 cm³/mol. The molecule has 1 saturated carbocycles. The largest absolute Gasteiger partial charge is 0.508 e. The monoisotopic (exact) mass is 391 g/mol. The van der Waals surface area contributed by atoms with Gasteiger partial charge in [-0.1, -0.05) is 24.3 Å². The molecule has 1 aliphatic carbocycles. The van der Waals surface area contributed by atoms with E-state index in [1.165, 1.54) is 5.56 Å². The first kappa shape index (κ1) is 19.5. The van der Waals surface area contributed by atoms with E-state index >= 15 is 0 Å². The second-order valence-corrected chi connectivity index (χ2v) is 8.02. The Balaban J connectivity index is 1.34. The Hall–Kier alpha value is -2.86. The van der Waals surface area contributed by atoms with E-state index in [2.05, 4.69) is 16.7 Å². The molecule has 0 unspecified atom stereocenters. The number of nitrogens with zero attached hydrogens (tertiary/aromatic N) is 3. The Morgan fingerprint density at radius 3 is 2.34 bits per heavy atom. The summed E-state index contributed by atoms with van der Waals surface area (Å²) >= 11 is 0. The first-order valence-electron chi connectivity index (χ1n) is 10.3. The molecule has 1 heterocycles. The Morgan fingerprint density at radius 2 is 1.62 bits per heavy atom. The van der Waals surface area contributed by atoms with Crippen molar-refractivity contribution in [2.24, 2.45) is 0 Å². The number of rotatable bonds is 6. The minimum Gasteiger partial charge on any atom is -0.508 e. The van der Waals surface area contributed by atoms with Gasteiger partial charge in [0.05, 0.1) is 5.52 Å². The van der Waals surface area contributed by atoms with Crippen molar-refractivity contribution in [1.82, 2.24) is 15.3 Å². The molecule has 0 spiro atoms. The minimum atomic E-state index is 0.314. The van der Waals surface area contributed by atoms with Crippen LogP contribution in [0.1, 0.15) is 31.2 Å². The van der Waals surface area contributed by atoms with Crippen molar-refractivity contribution in [2.75, 3.05) is 24.3 Å². The Morgan fingerprint density at radius 1 is 0.931 bits per heavy atom. The van der Waals surface area contributed by atoms with Crippen molar-refractivity contribution in [1.29, 1.82) is 0 Å². The summed E-state index contributed by atoms with van der Waals surface area (Å²) < 4.78 is 0. The molecule has 0 saturated heterocycles. The fourth-order valence-corrected chi connectivity index (χ4v) is 3.97. The van der Waals surface area contributed by atoms with Gasteiger partial charge in [0.25, 0.3) is 0 Å². The van der Waals surface area contributed by atoms with Crippen molar-refractivity contribution in [3.05, 3.63) is 54.1 Å². The highest BCUT2D eigenvalue weighted by atomic mass is 16.3. The van der Waals surface area contributed by atoms with E-state index in [1.54, 1.807) is 12.1 Å². The lowest BCUT2D eigenvalue weighted by Crippen LogP contribution is -2.37. The molecule has 0 radical (unpaired) electrons. The van der Waals surface area contributed by atoms with Crippen LogP contribution in [0.2, 0.25) is 0 Å². The molecule has 2 aromatic carbocycles. The molecule has 1 fully saturated rings. The quantitative estimate of drug-likeness (QED) is 0.592. The number of hydrogen-bond donors (Lipinski definition) is 3. The third-order valence-electron chi connectivity index (χ3n) is 5.60. The number of phenols is 1. The lowest BCUT2D eigenvalue weighted by Gasteiger charge is -2.30. The standard InChI is InChI=1S/C23H29N5O/c1-28(2)22-20-5-3-4-6-21(20)26-23(27-22)25-18-11-9-17(10-12-18)24-15-16-7-13-19(29)14-8-16/h3-8,13-14,17-18,24,29H,9-12,15H2,1-2H3,(H,25,26,27). The summed E-state index contributed by atoms with van der Waals surface area (Å²) in [5, 5.41) is 17.7. The van der Waals surface area contributed by atoms with Gasteiger partial charge in [0.1, 0.15) is 11.6 Å². The average molecular weight is 392 g/mol. The molecule has 0 atom stereocenters. The zero-order valence-corrected chi connectivity index (χ0v) is 17.1. The van der Waals surface area contributed by atoms with Crippen LogP contribution in [0.4, 0.5) is 11.8 Å². The van der Waals surface area contributed by atoms with Crippen LogP contribution in [-0.2, 0) is 6.54 Å². The number of fused-ring (bicyclic) bond motifs is 1. The van der Waals surface area contributed by atoms with Gasteiger partial charge >= 0.3 is 0 Å². The summed E-state index contributed by atoms with van der Waals surface area (Å²) in [6.07, 6.45) is 4.45. The first-order valence-corrected chi connectivity index (χ1v) is 10.3. The Bertz CT molecular complexity index is 949. The summed E-state index contributed by atoms with van der Waals surface area (Å²) in [6, 6.07) is 16.5. The minimum absolute atomic E-state index is 0.314. The second-order valence-electron chi connectivity index (χ2n) is 8.02. The normalized spacial score (nSPS) is 19.2. The number of phenolic OH excluding ortho intramolecular Hbond substituents is 1. The van der Waals surface area contributed by atoms with Gasteiger partial charge in [-0.3, -0.25) is 0 Å². The molecule has 29 heavy (non-hydrogen) atoms. The molecule has 0 bridgehead atoms. The van der Waals surface area contributed by atoms with Gasteiger partial charge in [0, 0.05) is 38.1 Å². The maximum atomic E-state index is 9.39. The predicted octanol–water partition coefficient (Wildman–Crippen LogP) is 3.91. The lowest BCUT2D eigenvalue weighted by atomic mass is 9.91. The number of anilines is 2. The van der Waals surface area contributed by atoms with Crippen molar-refractivity contribution >= 4 is 22.7 Å². The number of aromatic hydroxyl groups is 1. The highest BCUT2D eigenvalue weighted by Gasteiger charge is 2.22. The number of para-hydroxylation sites is 1. The Labute approximate surface area is 172 Å². The molecular formula is C23H29N5O. The van der Waals surface area contributed by atoms with E-state index in [-0.39, 0.29) is 0 Å². The molecule has 0 amide bonds. The molecule has 4 rings (SSSR count). The number of aromatic nitrogens is 2. The summed E-state index contributed by atoms with van der Waals surface area (Å²) in [5.74, 6) is 1.98. The SMILES string of the molecule is CN(C)c1nc(NC2CCC(NCc3ccc(O)cc3)CC2)nc2ccccc12. The van der Waals surface area contributed by atoms with E-state index < -0.39 is 0 Å². The topological polar surface area (TPSA) is 73.3 Å². The van der Waals surface area contributed by atoms with Crippen LogP contribution in [-0.4, -0.2) is 41.3 Å². The third kappa shape index (κ3) is 4.77. The maximum Gasteiger partial charge on any atom is 0.225 e. The summed E-state index contributed by atoms with van der Waals surface area (Å²) in [5.41, 5.74) is 2.17. The van der Waals surface area contributed by atoms with Crippen LogP contribution in [0, 0.1) is 0 Å². The van der Waals surface area contributed by atoms with E-state index in [0.717, 1.165) is 48.9 Å². The third-order valence-corrected chi connectivity index (χ3v) is 5.60. The van der Waals surface area contributed by atoms with Gasteiger partial charge in [0.2, 0.25) is 5.95 Å². The fourth-order valence-electron chi connectivity index (χ4n) is 3.97. The van der Waals surface area contributed by atoms with Crippen LogP contribution in [0.5, 0.6) is 5.75 Å². The van der Waals surface area contributed by atoms with E-state index in [9.17, 15) is 5.11 Å². The number of benzene rings is 2. The van der Waals surface area contributed by atoms with Gasteiger partial charge in [-0.2, -0.15) is 4.98 Å². The van der Waals surface area contributed by atoms with E-state index in [0.29, 0.717) is 23.8 Å². The van der Waals surface area contributed by atoms with Crippen molar-refractivity contribution in [3.63, 3.8) is 0 Å². The number of hydrogen-bond acceptors (Lipinski definition) is 6. The molecule has 1 aromatic heterocycles. The molecule has 1 aliphatic rings. The molecule has 152 valence electrons. The zero-order chi connectivity index (χ0) is 20.2. The molecule has 6 heteroatoms. The average Bonchev–Trinajstić information content (AvgIpc) is 2.74. The second kappa shape index (κ2) is 8.66. The maximum absolute atomic E-state index is 9.39. The Kier molecular flexibility index (Phi) is 5.81. The zero-order valence-electron chi connectivity index (χ0n) is 17.1.